The van der Waals surface area contributed by atoms with Crippen LogP contribution in [0.1, 0.15) is 412 Å². The molecule has 0 bridgehead atoms. The molecular formula is C84H158NO8+. The molecule has 0 amide bonds. The number of nitrogens with zero attached hydrogens (tertiary/aromatic N) is 1. The number of aliphatic carboxylic acids is 1. The zero-order chi connectivity index (χ0) is 67.5. The molecule has 0 aliphatic rings. The van der Waals surface area contributed by atoms with Crippen molar-refractivity contribution in [2.75, 3.05) is 47.5 Å². The van der Waals surface area contributed by atoms with Crippen molar-refractivity contribution in [2.45, 2.75) is 424 Å². The highest BCUT2D eigenvalue weighted by molar-refractivity contribution is 5.71. The Kier molecular flexibility index (Phi) is 72.8. The van der Waals surface area contributed by atoms with Crippen molar-refractivity contribution in [1.82, 2.24) is 0 Å². The molecule has 0 aliphatic carbocycles. The lowest BCUT2D eigenvalue weighted by atomic mass is 10.0. The minimum Gasteiger partial charge on any atom is -0.477 e. The molecule has 2 atom stereocenters. The van der Waals surface area contributed by atoms with Crippen molar-refractivity contribution in [3.63, 3.8) is 0 Å². The maximum atomic E-state index is 13.0. The van der Waals surface area contributed by atoms with Crippen molar-refractivity contribution in [1.29, 1.82) is 0 Å². The van der Waals surface area contributed by atoms with E-state index in [1.807, 2.05) is 21.1 Å². The van der Waals surface area contributed by atoms with E-state index in [2.05, 4.69) is 62.5 Å². The fourth-order valence-electron chi connectivity index (χ4n) is 12.3. The topological polar surface area (TPSA) is 108 Å². The Bertz CT molecular complexity index is 1670. The van der Waals surface area contributed by atoms with E-state index in [-0.39, 0.29) is 38.2 Å². The van der Waals surface area contributed by atoms with Crippen LogP contribution < -0.4 is 0 Å². The quantitative estimate of drug-likeness (QED) is 0.0211. The van der Waals surface area contributed by atoms with Gasteiger partial charge in [-0.2, -0.15) is 0 Å². The van der Waals surface area contributed by atoms with Gasteiger partial charge in [-0.25, -0.2) is 4.79 Å². The third-order valence-corrected chi connectivity index (χ3v) is 18.6. The van der Waals surface area contributed by atoms with Crippen LogP contribution in [0.3, 0.4) is 0 Å². The van der Waals surface area contributed by atoms with E-state index in [0.29, 0.717) is 17.4 Å². The predicted molar refractivity (Wildman–Crippen MR) is 401 cm³/mol. The Morgan fingerprint density at radius 1 is 0.323 bits per heavy atom. The zero-order valence-corrected chi connectivity index (χ0v) is 62.7. The molecule has 0 heterocycles. The van der Waals surface area contributed by atoms with E-state index in [9.17, 15) is 19.5 Å². The number of rotatable bonds is 77. The van der Waals surface area contributed by atoms with Crippen LogP contribution in [0.15, 0.2) is 48.6 Å². The molecule has 546 valence electrons. The molecule has 0 radical (unpaired) electrons. The number of carboxylic acid groups (broad SMARTS) is 1. The molecule has 0 fully saturated rings. The number of hydrogen-bond acceptors (Lipinski definition) is 7. The summed E-state index contributed by atoms with van der Waals surface area (Å²) in [4.78, 5) is 37.7. The maximum absolute atomic E-state index is 13.0. The number of allylic oxidation sites excluding steroid dienone is 8. The first kappa shape index (κ1) is 90.2. The predicted octanol–water partition coefficient (Wildman–Crippen LogP) is 26.0. The lowest BCUT2D eigenvalue weighted by Crippen LogP contribution is -2.40. The van der Waals surface area contributed by atoms with E-state index in [1.165, 1.54) is 334 Å². The average Bonchev–Trinajstić information content (AvgIpc) is 3.74. The first-order valence-electron chi connectivity index (χ1n) is 40.8. The highest BCUT2D eigenvalue weighted by atomic mass is 16.7. The van der Waals surface area contributed by atoms with Gasteiger partial charge in [-0.1, -0.05) is 371 Å². The van der Waals surface area contributed by atoms with Crippen LogP contribution in [0, 0.1) is 0 Å². The second kappa shape index (κ2) is 75.0. The van der Waals surface area contributed by atoms with E-state index in [0.717, 1.165) is 51.4 Å². The number of unbranched alkanes of at least 4 members (excludes halogenated alkanes) is 54. The van der Waals surface area contributed by atoms with Crippen LogP contribution in [0.5, 0.6) is 0 Å². The van der Waals surface area contributed by atoms with Gasteiger partial charge in [0.15, 0.2) is 6.10 Å². The normalized spacial score (nSPS) is 12.8. The van der Waals surface area contributed by atoms with Crippen LogP contribution in [-0.2, 0) is 33.3 Å². The third kappa shape index (κ3) is 76.5. The number of likely N-dealkylation sites (N-methyl/N-ethyl adjacent to an activating group) is 1. The van der Waals surface area contributed by atoms with Crippen LogP contribution in [0.25, 0.3) is 0 Å². The lowest BCUT2D eigenvalue weighted by Gasteiger charge is -2.25. The molecule has 9 heteroatoms. The third-order valence-electron chi connectivity index (χ3n) is 18.6. The summed E-state index contributed by atoms with van der Waals surface area (Å²) in [7, 11) is 6.00. The number of ether oxygens (including phenoxy) is 4. The number of hydrogen-bond donors (Lipinski definition) is 1. The lowest BCUT2D eigenvalue weighted by molar-refractivity contribution is -0.870. The minimum absolute atomic E-state index is 0.178. The van der Waals surface area contributed by atoms with Gasteiger partial charge in [0.05, 0.1) is 34.4 Å². The summed E-state index contributed by atoms with van der Waals surface area (Å²) in [6, 6.07) is 0. The molecule has 0 aromatic carbocycles. The molecule has 9 nitrogen and oxygen atoms in total. The van der Waals surface area contributed by atoms with Gasteiger partial charge in [0.25, 0.3) is 6.29 Å². The number of carbonyl (C=O) groups excluding carboxylic acids is 2. The fraction of sp³-hybridized carbons (Fsp3) is 0.869. The molecule has 0 saturated heterocycles. The molecule has 0 aliphatic heterocycles. The maximum Gasteiger partial charge on any atom is 0.361 e. The van der Waals surface area contributed by atoms with Crippen LogP contribution in [0.2, 0.25) is 0 Å². The highest BCUT2D eigenvalue weighted by Crippen LogP contribution is 2.20. The summed E-state index contributed by atoms with van der Waals surface area (Å²) in [5, 5.41) is 9.77. The Morgan fingerprint density at radius 3 is 0.871 bits per heavy atom. The molecule has 0 spiro atoms. The molecule has 93 heavy (non-hydrogen) atoms. The molecule has 2 unspecified atom stereocenters. The SMILES string of the molecule is CCCCCCC/C=C\C/C=C\C/C=C\CCCCCCCCCCCCCCCCC(=O)OC(COC(=O)CCCCCCCCCCCCCCCCCCCCCCCCCCCCC/C=C\CCCCCCCCCC)COC(OCC[N+](C)(C)C)C(=O)O. The van der Waals surface area contributed by atoms with E-state index < -0.39 is 18.4 Å². The second-order valence-electron chi connectivity index (χ2n) is 29.1. The summed E-state index contributed by atoms with van der Waals surface area (Å²) in [5.74, 6) is -1.98. The first-order valence-corrected chi connectivity index (χ1v) is 40.8. The molecular weight excluding hydrogens is 1150 g/mol. The minimum atomic E-state index is -1.51. The Hall–Kier alpha value is -2.75. The monoisotopic (exact) mass is 1310 g/mol. The van der Waals surface area contributed by atoms with Crippen molar-refractivity contribution < 1.29 is 42.9 Å². The largest absolute Gasteiger partial charge is 0.477 e. The summed E-state index contributed by atoms with van der Waals surface area (Å²) < 4.78 is 23.1. The summed E-state index contributed by atoms with van der Waals surface area (Å²) in [6.45, 7) is 4.93. The van der Waals surface area contributed by atoms with Crippen LogP contribution in [-0.4, -0.2) is 87.4 Å². The van der Waals surface area contributed by atoms with Gasteiger partial charge in [0.1, 0.15) is 13.2 Å². The molecule has 0 aromatic heterocycles. The molecule has 1 N–H and O–H groups in total. The smallest absolute Gasteiger partial charge is 0.361 e. The molecule has 0 aromatic rings. The molecule has 0 rings (SSSR count). The number of quaternary nitrogens is 1. The van der Waals surface area contributed by atoms with Gasteiger partial charge in [-0.15, -0.1) is 0 Å². The highest BCUT2D eigenvalue weighted by Gasteiger charge is 2.25. The Balaban J connectivity index is 3.95. The first-order chi connectivity index (χ1) is 45.6. The summed E-state index contributed by atoms with van der Waals surface area (Å²) >= 11 is 0. The van der Waals surface area contributed by atoms with Gasteiger partial charge in [0, 0.05) is 12.8 Å². The number of esters is 2. The summed E-state index contributed by atoms with van der Waals surface area (Å²) in [5.41, 5.74) is 0. The Labute approximate surface area is 578 Å². The molecule has 0 saturated carbocycles. The fourth-order valence-corrected chi connectivity index (χ4v) is 12.3. The van der Waals surface area contributed by atoms with Crippen LogP contribution in [0.4, 0.5) is 0 Å². The standard InChI is InChI=1S/C84H157NO8/c1-6-8-10-12-14-16-18-20-22-24-26-28-30-32-34-36-37-38-39-40-41-42-43-44-45-47-48-50-52-54-56-58-60-62-64-66-68-70-72-74-81(86)91-78-80(79-92-84(83(88)89)90-77-76-85(3,4)5)93-82(87)75-73-71-69-67-65-63-61-59-57-55-53-51-49-46-35-33-31-29-27-25-23-21-19-17-15-13-11-9-7-2/h19,21,24-27,31,33,80,84H,6-18,20,22-23,28-30,32,34-79H2,1-5H3/p+1/b21-19-,26-24-,27-25-,33-31-. The van der Waals surface area contributed by atoms with Gasteiger partial charge in [-0.3, -0.25) is 9.59 Å². The van der Waals surface area contributed by atoms with Crippen molar-refractivity contribution in [3.05, 3.63) is 48.6 Å². The van der Waals surface area contributed by atoms with E-state index in [4.69, 9.17) is 18.9 Å². The average molecular weight is 1310 g/mol. The van der Waals surface area contributed by atoms with E-state index >= 15 is 0 Å². The van der Waals surface area contributed by atoms with E-state index in [1.54, 1.807) is 0 Å². The number of carboxylic acids is 1. The zero-order valence-electron chi connectivity index (χ0n) is 62.7. The van der Waals surface area contributed by atoms with Gasteiger partial charge in [0.2, 0.25) is 0 Å². The van der Waals surface area contributed by atoms with Gasteiger partial charge < -0.3 is 28.5 Å². The second-order valence-corrected chi connectivity index (χ2v) is 29.1. The van der Waals surface area contributed by atoms with Gasteiger partial charge >= 0.3 is 17.9 Å². The van der Waals surface area contributed by atoms with Crippen molar-refractivity contribution in [2.24, 2.45) is 0 Å². The van der Waals surface area contributed by atoms with Crippen molar-refractivity contribution in [3.8, 4) is 0 Å². The van der Waals surface area contributed by atoms with Gasteiger partial charge in [-0.05, 0) is 77.0 Å². The summed E-state index contributed by atoms with van der Waals surface area (Å²) in [6.07, 6.45) is 95.6. The van der Waals surface area contributed by atoms with Crippen LogP contribution >= 0.6 is 0 Å². The van der Waals surface area contributed by atoms with Crippen molar-refractivity contribution >= 4 is 17.9 Å². The number of carbonyl (C=O) groups is 3. The Morgan fingerprint density at radius 2 is 0.581 bits per heavy atom.